The molecule has 0 saturated heterocycles. The molecule has 0 aliphatic rings. The van der Waals surface area contributed by atoms with Gasteiger partial charge in [-0.2, -0.15) is 13.2 Å². The molecule has 0 fully saturated rings. The number of nitrogens with one attached hydrogen (secondary N) is 1. The molecular formula is C12H18Cl2F3N3O2. The summed E-state index contributed by atoms with van der Waals surface area (Å²) in [6, 6.07) is 2.94. The highest BCUT2D eigenvalue weighted by Gasteiger charge is 2.28. The summed E-state index contributed by atoms with van der Waals surface area (Å²) in [5, 5.41) is 2.63. The number of alkyl halides is 3. The Balaban J connectivity index is 0. The van der Waals surface area contributed by atoms with Crippen LogP contribution in [0.5, 0.6) is 5.88 Å². The van der Waals surface area contributed by atoms with Crippen LogP contribution in [-0.2, 0) is 11.3 Å². The van der Waals surface area contributed by atoms with E-state index in [0.29, 0.717) is 24.9 Å². The topological polar surface area (TPSA) is 77.2 Å². The van der Waals surface area contributed by atoms with Crippen molar-refractivity contribution in [2.24, 2.45) is 5.73 Å². The Hall–Kier alpha value is -1.25. The van der Waals surface area contributed by atoms with E-state index in [2.05, 4.69) is 15.0 Å². The molecule has 0 spiro atoms. The molecule has 1 rings (SSSR count). The fourth-order valence-corrected chi connectivity index (χ4v) is 1.35. The van der Waals surface area contributed by atoms with Crippen molar-refractivity contribution in [3.63, 3.8) is 0 Å². The van der Waals surface area contributed by atoms with Crippen molar-refractivity contribution in [2.75, 3.05) is 13.2 Å². The molecule has 0 unspecified atom stereocenters. The van der Waals surface area contributed by atoms with Gasteiger partial charge in [0, 0.05) is 25.2 Å². The van der Waals surface area contributed by atoms with Crippen LogP contribution in [0.15, 0.2) is 18.3 Å². The fourth-order valence-electron chi connectivity index (χ4n) is 1.35. The first-order valence-corrected chi connectivity index (χ1v) is 6.02. The minimum absolute atomic E-state index is 0. The number of amides is 1. The lowest BCUT2D eigenvalue weighted by atomic mass is 10.2. The number of hydrogen-bond acceptors (Lipinski definition) is 4. The number of ether oxygens (including phenoxy) is 1. The second-order valence-electron chi connectivity index (χ2n) is 4.08. The second kappa shape index (κ2) is 11.3. The Kier molecular flexibility index (Phi) is 11.9. The third kappa shape index (κ3) is 10.5. The van der Waals surface area contributed by atoms with E-state index in [1.165, 1.54) is 12.3 Å². The Bertz CT molecular complexity index is 448. The Morgan fingerprint density at radius 1 is 1.36 bits per heavy atom. The lowest BCUT2D eigenvalue weighted by Crippen LogP contribution is -2.23. The average molecular weight is 364 g/mol. The van der Waals surface area contributed by atoms with Gasteiger partial charge in [0.25, 0.3) is 0 Å². The molecule has 0 aromatic carbocycles. The number of carbonyl (C=O) groups is 1. The fraction of sp³-hybridized carbons (Fsp3) is 0.500. The van der Waals surface area contributed by atoms with Gasteiger partial charge in [0.1, 0.15) is 0 Å². The van der Waals surface area contributed by atoms with Crippen LogP contribution < -0.4 is 15.8 Å². The number of halogens is 5. The van der Waals surface area contributed by atoms with Crippen LogP contribution in [0.25, 0.3) is 0 Å². The van der Waals surface area contributed by atoms with Crippen LogP contribution in [0.4, 0.5) is 13.2 Å². The maximum absolute atomic E-state index is 12.0. The summed E-state index contributed by atoms with van der Waals surface area (Å²) < 4.78 is 40.5. The zero-order valence-corrected chi connectivity index (χ0v) is 13.2. The van der Waals surface area contributed by atoms with Crippen LogP contribution in [-0.4, -0.2) is 30.2 Å². The zero-order chi connectivity index (χ0) is 15.0. The van der Waals surface area contributed by atoms with Crippen molar-refractivity contribution in [1.29, 1.82) is 0 Å². The molecule has 1 amide bonds. The average Bonchev–Trinajstić information content (AvgIpc) is 2.40. The number of pyridine rings is 1. The molecule has 0 atom stereocenters. The molecule has 0 bridgehead atoms. The van der Waals surface area contributed by atoms with Crippen molar-refractivity contribution in [3.05, 3.63) is 23.9 Å². The summed E-state index contributed by atoms with van der Waals surface area (Å²) in [7, 11) is 0. The van der Waals surface area contributed by atoms with E-state index in [1.54, 1.807) is 6.07 Å². The quantitative estimate of drug-likeness (QED) is 0.778. The highest BCUT2D eigenvalue weighted by molar-refractivity contribution is 5.85. The molecule has 10 heteroatoms. The van der Waals surface area contributed by atoms with Crippen LogP contribution in [0.1, 0.15) is 18.4 Å². The third-order valence-electron chi connectivity index (χ3n) is 2.28. The highest BCUT2D eigenvalue weighted by Crippen LogP contribution is 2.17. The van der Waals surface area contributed by atoms with Crippen molar-refractivity contribution >= 4 is 30.7 Å². The van der Waals surface area contributed by atoms with Gasteiger partial charge in [-0.15, -0.1) is 24.8 Å². The van der Waals surface area contributed by atoms with Crippen molar-refractivity contribution < 1.29 is 22.7 Å². The van der Waals surface area contributed by atoms with Gasteiger partial charge in [0.15, 0.2) is 6.61 Å². The monoisotopic (exact) mass is 363 g/mol. The predicted octanol–water partition coefficient (Wildman–Crippen LogP) is 2.22. The standard InChI is InChI=1S/C12H16F3N3O2.2ClH/c13-12(14,15)8-20-11-6-9(3-5-17-11)7-18-10(19)2-1-4-16;;/h3,5-6H,1-2,4,7-8,16H2,(H,18,19);2*1H. The van der Waals surface area contributed by atoms with Crippen LogP contribution in [0.3, 0.4) is 0 Å². The molecule has 1 heterocycles. The van der Waals surface area contributed by atoms with Gasteiger partial charge >= 0.3 is 6.18 Å². The van der Waals surface area contributed by atoms with E-state index in [-0.39, 0.29) is 43.1 Å². The summed E-state index contributed by atoms with van der Waals surface area (Å²) in [5.74, 6) is -0.291. The van der Waals surface area contributed by atoms with E-state index in [9.17, 15) is 18.0 Å². The molecule has 1 aromatic heterocycles. The smallest absolute Gasteiger partial charge is 0.422 e. The van der Waals surface area contributed by atoms with E-state index in [0.717, 1.165) is 0 Å². The molecule has 5 nitrogen and oxygen atoms in total. The van der Waals surface area contributed by atoms with Gasteiger partial charge in [-0.25, -0.2) is 4.98 Å². The van der Waals surface area contributed by atoms with E-state index in [4.69, 9.17) is 5.73 Å². The van der Waals surface area contributed by atoms with Gasteiger partial charge < -0.3 is 15.8 Å². The minimum atomic E-state index is -4.41. The number of aromatic nitrogens is 1. The number of carbonyl (C=O) groups excluding carboxylic acids is 1. The molecule has 0 saturated carbocycles. The van der Waals surface area contributed by atoms with Crippen LogP contribution >= 0.6 is 24.8 Å². The lowest BCUT2D eigenvalue weighted by molar-refractivity contribution is -0.154. The van der Waals surface area contributed by atoms with Crippen molar-refractivity contribution in [1.82, 2.24) is 10.3 Å². The first kappa shape index (κ1) is 23.0. The van der Waals surface area contributed by atoms with E-state index < -0.39 is 12.8 Å². The van der Waals surface area contributed by atoms with E-state index >= 15 is 0 Å². The van der Waals surface area contributed by atoms with Crippen LogP contribution in [0, 0.1) is 0 Å². The predicted molar refractivity (Wildman–Crippen MR) is 80.4 cm³/mol. The van der Waals surface area contributed by atoms with Crippen molar-refractivity contribution in [2.45, 2.75) is 25.6 Å². The van der Waals surface area contributed by atoms with Crippen LogP contribution in [0.2, 0.25) is 0 Å². The maximum Gasteiger partial charge on any atom is 0.422 e. The normalized spacial score (nSPS) is 10.2. The molecule has 3 N–H and O–H groups in total. The third-order valence-corrected chi connectivity index (χ3v) is 2.28. The molecular weight excluding hydrogens is 346 g/mol. The largest absolute Gasteiger partial charge is 0.468 e. The van der Waals surface area contributed by atoms with Gasteiger partial charge in [-0.1, -0.05) is 0 Å². The Morgan fingerprint density at radius 3 is 2.64 bits per heavy atom. The van der Waals surface area contributed by atoms with Gasteiger partial charge in [-0.3, -0.25) is 4.79 Å². The van der Waals surface area contributed by atoms with E-state index in [1.807, 2.05) is 0 Å². The summed E-state index contributed by atoms with van der Waals surface area (Å²) in [6.07, 6.45) is -2.18. The first-order chi connectivity index (χ1) is 9.40. The SMILES string of the molecule is Cl.Cl.NCCCC(=O)NCc1ccnc(OCC(F)(F)F)c1. The molecule has 0 aliphatic carbocycles. The summed E-state index contributed by atoms with van der Waals surface area (Å²) in [4.78, 5) is 15.0. The molecule has 1 aromatic rings. The summed E-state index contributed by atoms with van der Waals surface area (Å²) in [6.45, 7) is -0.765. The number of nitrogens with zero attached hydrogens (tertiary/aromatic N) is 1. The van der Waals surface area contributed by atoms with Gasteiger partial charge in [-0.05, 0) is 24.6 Å². The van der Waals surface area contributed by atoms with Gasteiger partial charge in [0.05, 0.1) is 0 Å². The van der Waals surface area contributed by atoms with Crippen molar-refractivity contribution in [3.8, 4) is 5.88 Å². The maximum atomic E-state index is 12.0. The molecule has 128 valence electrons. The number of hydrogen-bond donors (Lipinski definition) is 2. The highest BCUT2D eigenvalue weighted by atomic mass is 35.5. The first-order valence-electron chi connectivity index (χ1n) is 6.02. The van der Waals surface area contributed by atoms with Gasteiger partial charge in [0.2, 0.25) is 11.8 Å². The Morgan fingerprint density at radius 2 is 2.05 bits per heavy atom. The second-order valence-corrected chi connectivity index (χ2v) is 4.08. The lowest BCUT2D eigenvalue weighted by Gasteiger charge is -2.09. The summed E-state index contributed by atoms with van der Waals surface area (Å²) >= 11 is 0. The number of nitrogens with two attached hydrogens (primary N) is 1. The molecule has 0 aliphatic heterocycles. The minimum Gasteiger partial charge on any atom is -0.468 e. The molecule has 0 radical (unpaired) electrons. The molecule has 22 heavy (non-hydrogen) atoms. The number of rotatable bonds is 7. The summed E-state index contributed by atoms with van der Waals surface area (Å²) in [5.41, 5.74) is 5.89. The Labute approximate surface area is 138 Å². The zero-order valence-electron chi connectivity index (χ0n) is 11.6.